The first-order chi connectivity index (χ1) is 8.43. The van der Waals surface area contributed by atoms with Gasteiger partial charge in [-0.15, -0.1) is 0 Å². The third-order valence-corrected chi connectivity index (χ3v) is 2.64. The van der Waals surface area contributed by atoms with Crippen LogP contribution in [-0.4, -0.2) is 17.1 Å². The minimum atomic E-state index is -0.915. The molecule has 1 rings (SSSR count). The zero-order chi connectivity index (χ0) is 13.7. The Morgan fingerprint density at radius 2 is 2.22 bits per heavy atom. The van der Waals surface area contributed by atoms with Crippen molar-refractivity contribution in [1.29, 1.82) is 5.26 Å². The molecule has 0 aliphatic carbocycles. The van der Waals surface area contributed by atoms with Crippen LogP contribution >= 0.6 is 0 Å². The Morgan fingerprint density at radius 3 is 2.72 bits per heavy atom. The lowest BCUT2D eigenvalue weighted by Crippen LogP contribution is -2.28. The van der Waals surface area contributed by atoms with Crippen LogP contribution in [0.3, 0.4) is 0 Å². The molecular formula is C13H15FN2O2. The molecule has 0 spiro atoms. The molecule has 0 radical (unpaired) electrons. The van der Waals surface area contributed by atoms with E-state index in [4.69, 9.17) is 10.4 Å². The molecule has 0 aromatic heterocycles. The van der Waals surface area contributed by atoms with E-state index in [1.165, 1.54) is 12.1 Å². The molecule has 0 heterocycles. The second kappa shape index (κ2) is 6.01. The van der Waals surface area contributed by atoms with E-state index < -0.39 is 11.8 Å². The van der Waals surface area contributed by atoms with Crippen molar-refractivity contribution in [3.8, 4) is 6.07 Å². The lowest BCUT2D eigenvalue weighted by atomic mass is 10.00. The quantitative estimate of drug-likeness (QED) is 0.842. The Labute approximate surface area is 105 Å². The summed E-state index contributed by atoms with van der Waals surface area (Å²) in [6, 6.07) is 5.39. The summed E-state index contributed by atoms with van der Waals surface area (Å²) in [6.07, 6.45) is -0.0556. The highest BCUT2D eigenvalue weighted by Gasteiger charge is 2.18. The van der Waals surface area contributed by atoms with Crippen molar-refractivity contribution in [3.05, 3.63) is 29.6 Å². The lowest BCUT2D eigenvalue weighted by molar-refractivity contribution is -0.137. The molecule has 18 heavy (non-hydrogen) atoms. The summed E-state index contributed by atoms with van der Waals surface area (Å²) in [5, 5.41) is 20.7. The molecule has 5 heteroatoms. The molecule has 1 atom stereocenters. The maximum absolute atomic E-state index is 13.0. The zero-order valence-corrected chi connectivity index (χ0v) is 10.3. The van der Waals surface area contributed by atoms with Gasteiger partial charge in [-0.3, -0.25) is 4.79 Å². The van der Waals surface area contributed by atoms with E-state index in [2.05, 4.69) is 5.32 Å². The van der Waals surface area contributed by atoms with Gasteiger partial charge in [0, 0.05) is 6.04 Å². The van der Waals surface area contributed by atoms with Crippen LogP contribution in [0.15, 0.2) is 18.2 Å². The molecular weight excluding hydrogens is 235 g/mol. The molecule has 0 saturated carbocycles. The van der Waals surface area contributed by atoms with Gasteiger partial charge in [0.1, 0.15) is 11.9 Å². The van der Waals surface area contributed by atoms with Crippen molar-refractivity contribution >= 4 is 11.7 Å². The molecule has 0 amide bonds. The first kappa shape index (κ1) is 14.0. The van der Waals surface area contributed by atoms with Crippen LogP contribution in [0.1, 0.15) is 25.8 Å². The van der Waals surface area contributed by atoms with E-state index in [9.17, 15) is 9.18 Å². The molecule has 0 aliphatic heterocycles. The Hall–Kier alpha value is -2.09. The van der Waals surface area contributed by atoms with Crippen molar-refractivity contribution in [2.75, 3.05) is 5.32 Å². The highest BCUT2D eigenvalue weighted by molar-refractivity contribution is 5.69. The van der Waals surface area contributed by atoms with E-state index >= 15 is 0 Å². The molecule has 96 valence electrons. The number of benzene rings is 1. The Balaban J connectivity index is 2.94. The van der Waals surface area contributed by atoms with E-state index in [-0.39, 0.29) is 23.9 Å². The SMILES string of the molecule is CC(C)C(CC(=O)O)Nc1ccc(F)cc1C#N. The number of nitrogens with one attached hydrogen (secondary N) is 1. The second-order valence-electron chi connectivity index (χ2n) is 4.39. The Morgan fingerprint density at radius 1 is 1.56 bits per heavy atom. The number of nitriles is 1. The summed E-state index contributed by atoms with van der Waals surface area (Å²) in [6.45, 7) is 3.77. The van der Waals surface area contributed by atoms with E-state index in [0.717, 1.165) is 6.07 Å². The van der Waals surface area contributed by atoms with Crippen LogP contribution in [0.2, 0.25) is 0 Å². The number of anilines is 1. The zero-order valence-electron chi connectivity index (χ0n) is 10.3. The highest BCUT2D eigenvalue weighted by Crippen LogP contribution is 2.20. The van der Waals surface area contributed by atoms with E-state index in [1.54, 1.807) is 0 Å². The fraction of sp³-hybridized carbons (Fsp3) is 0.385. The number of carbonyl (C=O) groups is 1. The Bertz CT molecular complexity index is 480. The number of carboxylic acid groups (broad SMARTS) is 1. The van der Waals surface area contributed by atoms with Crippen LogP contribution in [0.25, 0.3) is 0 Å². The third-order valence-electron chi connectivity index (χ3n) is 2.64. The van der Waals surface area contributed by atoms with Gasteiger partial charge in [-0.1, -0.05) is 13.8 Å². The molecule has 0 fully saturated rings. The first-order valence-corrected chi connectivity index (χ1v) is 5.62. The number of rotatable bonds is 5. The van der Waals surface area contributed by atoms with Crippen molar-refractivity contribution in [1.82, 2.24) is 0 Å². The fourth-order valence-corrected chi connectivity index (χ4v) is 1.58. The maximum Gasteiger partial charge on any atom is 0.305 e. The van der Waals surface area contributed by atoms with Gasteiger partial charge in [0.15, 0.2) is 0 Å². The van der Waals surface area contributed by atoms with Gasteiger partial charge in [-0.2, -0.15) is 5.26 Å². The van der Waals surface area contributed by atoms with Gasteiger partial charge in [-0.25, -0.2) is 4.39 Å². The monoisotopic (exact) mass is 250 g/mol. The largest absolute Gasteiger partial charge is 0.481 e. The standard InChI is InChI=1S/C13H15FN2O2/c1-8(2)12(6-13(17)18)16-11-4-3-10(14)5-9(11)7-15/h3-5,8,12,16H,6H2,1-2H3,(H,17,18). The summed E-state index contributed by atoms with van der Waals surface area (Å²) in [7, 11) is 0. The maximum atomic E-state index is 13.0. The van der Waals surface area contributed by atoms with Crippen molar-refractivity contribution < 1.29 is 14.3 Å². The average molecular weight is 250 g/mol. The number of carboxylic acids is 1. The molecule has 4 nitrogen and oxygen atoms in total. The van der Waals surface area contributed by atoms with Crippen LogP contribution < -0.4 is 5.32 Å². The highest BCUT2D eigenvalue weighted by atomic mass is 19.1. The molecule has 1 aromatic carbocycles. The molecule has 1 aromatic rings. The summed E-state index contributed by atoms with van der Waals surface area (Å²) in [5.74, 6) is -1.32. The summed E-state index contributed by atoms with van der Waals surface area (Å²) in [5.41, 5.74) is 0.630. The second-order valence-corrected chi connectivity index (χ2v) is 4.39. The molecule has 0 saturated heterocycles. The topological polar surface area (TPSA) is 73.1 Å². The number of nitrogens with zero attached hydrogens (tertiary/aromatic N) is 1. The number of halogens is 1. The summed E-state index contributed by atoms with van der Waals surface area (Å²) >= 11 is 0. The normalized spacial score (nSPS) is 11.9. The minimum absolute atomic E-state index is 0.0556. The smallest absolute Gasteiger partial charge is 0.305 e. The Kier molecular flexibility index (Phi) is 4.67. The van der Waals surface area contributed by atoms with Gasteiger partial charge < -0.3 is 10.4 Å². The fourth-order valence-electron chi connectivity index (χ4n) is 1.58. The molecule has 0 aliphatic rings. The van der Waals surface area contributed by atoms with Gasteiger partial charge in [0.25, 0.3) is 0 Å². The molecule has 0 bridgehead atoms. The van der Waals surface area contributed by atoms with Gasteiger partial charge in [0.2, 0.25) is 0 Å². The summed E-state index contributed by atoms with van der Waals surface area (Å²) < 4.78 is 13.0. The predicted molar refractivity (Wildman–Crippen MR) is 65.6 cm³/mol. The number of hydrogen-bond acceptors (Lipinski definition) is 3. The van der Waals surface area contributed by atoms with Crippen molar-refractivity contribution in [3.63, 3.8) is 0 Å². The van der Waals surface area contributed by atoms with E-state index in [0.29, 0.717) is 5.69 Å². The number of hydrogen-bond donors (Lipinski definition) is 2. The van der Waals surface area contributed by atoms with Crippen LogP contribution in [0.4, 0.5) is 10.1 Å². The lowest BCUT2D eigenvalue weighted by Gasteiger charge is -2.22. The number of aliphatic carboxylic acids is 1. The van der Waals surface area contributed by atoms with Gasteiger partial charge in [-0.05, 0) is 24.1 Å². The van der Waals surface area contributed by atoms with Gasteiger partial charge in [0.05, 0.1) is 17.7 Å². The van der Waals surface area contributed by atoms with Crippen LogP contribution in [0, 0.1) is 23.1 Å². The minimum Gasteiger partial charge on any atom is -0.481 e. The van der Waals surface area contributed by atoms with Crippen LogP contribution in [0.5, 0.6) is 0 Å². The summed E-state index contributed by atoms with van der Waals surface area (Å²) in [4.78, 5) is 10.7. The van der Waals surface area contributed by atoms with Gasteiger partial charge >= 0.3 is 5.97 Å². The third kappa shape index (κ3) is 3.74. The first-order valence-electron chi connectivity index (χ1n) is 5.62. The van der Waals surface area contributed by atoms with Crippen molar-refractivity contribution in [2.24, 2.45) is 5.92 Å². The average Bonchev–Trinajstić information content (AvgIpc) is 2.29. The molecule has 1 unspecified atom stereocenters. The molecule has 2 N–H and O–H groups in total. The van der Waals surface area contributed by atoms with Crippen LogP contribution in [-0.2, 0) is 4.79 Å². The van der Waals surface area contributed by atoms with Crippen molar-refractivity contribution in [2.45, 2.75) is 26.3 Å². The predicted octanol–water partition coefficient (Wildman–Crippen LogP) is 2.61. The van der Waals surface area contributed by atoms with E-state index in [1.807, 2.05) is 19.9 Å².